The average Bonchev–Trinajstić information content (AvgIpc) is 3.33. The first kappa shape index (κ1) is 17.8. The van der Waals surface area contributed by atoms with Crippen molar-refractivity contribution in [1.29, 1.82) is 0 Å². The van der Waals surface area contributed by atoms with Crippen molar-refractivity contribution in [3.63, 3.8) is 0 Å². The molecule has 0 N–H and O–H groups in total. The Morgan fingerprint density at radius 3 is 2.10 bits per heavy atom. The van der Waals surface area contributed by atoms with Gasteiger partial charge in [-0.05, 0) is 36.4 Å². The molecule has 4 heterocycles. The van der Waals surface area contributed by atoms with Crippen LogP contribution in [0, 0.1) is 0 Å². The highest BCUT2D eigenvalue weighted by atomic mass is 16.2. The average molecular weight is 388 g/mol. The highest BCUT2D eigenvalue weighted by Crippen LogP contribution is 2.21. The lowest BCUT2D eigenvalue weighted by atomic mass is 10.1. The smallest absolute Gasteiger partial charge is 0.273 e. The molecule has 2 fully saturated rings. The number of carbonyl (C=O) groups excluding carboxylic acids is 1. The summed E-state index contributed by atoms with van der Waals surface area (Å²) in [7, 11) is 0. The second-order valence-electron chi connectivity index (χ2n) is 7.60. The van der Waals surface area contributed by atoms with Crippen LogP contribution in [0.4, 0.5) is 11.6 Å². The lowest BCUT2D eigenvalue weighted by molar-refractivity contribution is 0.0743. The molecule has 2 aliphatic heterocycles. The number of pyridine rings is 1. The molecule has 7 nitrogen and oxygen atoms in total. The molecule has 0 radical (unpaired) electrons. The Labute approximate surface area is 170 Å². The van der Waals surface area contributed by atoms with Gasteiger partial charge in [0.05, 0.1) is 0 Å². The zero-order valence-corrected chi connectivity index (χ0v) is 16.4. The van der Waals surface area contributed by atoms with Gasteiger partial charge in [-0.25, -0.2) is 0 Å². The number of carbonyl (C=O) groups is 1. The van der Waals surface area contributed by atoms with Crippen LogP contribution in [0.5, 0.6) is 0 Å². The third-order valence-corrected chi connectivity index (χ3v) is 5.83. The van der Waals surface area contributed by atoms with Gasteiger partial charge in [-0.1, -0.05) is 24.3 Å². The second-order valence-corrected chi connectivity index (χ2v) is 7.60. The van der Waals surface area contributed by atoms with E-state index < -0.39 is 0 Å². The minimum atomic E-state index is -0.00286. The zero-order chi connectivity index (χ0) is 19.6. The Morgan fingerprint density at radius 1 is 0.759 bits per heavy atom. The molecule has 2 saturated heterocycles. The fourth-order valence-corrected chi connectivity index (χ4v) is 4.18. The highest BCUT2D eigenvalue weighted by Gasteiger charge is 2.25. The Hall–Kier alpha value is -3.22. The molecular formula is C22H24N6O. The lowest BCUT2D eigenvalue weighted by Crippen LogP contribution is -2.49. The van der Waals surface area contributed by atoms with Gasteiger partial charge in [-0.3, -0.25) is 9.78 Å². The van der Waals surface area contributed by atoms with Crippen LogP contribution in [-0.2, 0) is 0 Å². The summed E-state index contributed by atoms with van der Waals surface area (Å²) in [5.41, 5.74) is 0.534. The van der Waals surface area contributed by atoms with Crippen molar-refractivity contribution in [2.75, 3.05) is 49.1 Å². The van der Waals surface area contributed by atoms with Crippen LogP contribution < -0.4 is 9.80 Å². The number of hydrogen-bond acceptors (Lipinski definition) is 6. The molecular weight excluding hydrogens is 364 g/mol. The van der Waals surface area contributed by atoms with Crippen molar-refractivity contribution < 1.29 is 4.79 Å². The number of rotatable bonds is 3. The van der Waals surface area contributed by atoms with Gasteiger partial charge in [-0.15, -0.1) is 10.2 Å². The Kier molecular flexibility index (Phi) is 4.71. The summed E-state index contributed by atoms with van der Waals surface area (Å²) in [6.45, 7) is 4.93. The summed E-state index contributed by atoms with van der Waals surface area (Å²) in [6.07, 6.45) is 4.17. The molecule has 1 amide bonds. The third-order valence-electron chi connectivity index (χ3n) is 5.83. The first-order chi connectivity index (χ1) is 14.3. The van der Waals surface area contributed by atoms with Gasteiger partial charge in [0.1, 0.15) is 5.69 Å². The van der Waals surface area contributed by atoms with Crippen LogP contribution in [0.25, 0.3) is 10.8 Å². The second kappa shape index (κ2) is 7.66. The van der Waals surface area contributed by atoms with Crippen LogP contribution in [0.2, 0.25) is 0 Å². The first-order valence-corrected chi connectivity index (χ1v) is 10.3. The zero-order valence-electron chi connectivity index (χ0n) is 16.4. The van der Waals surface area contributed by atoms with E-state index in [2.05, 4.69) is 31.0 Å². The molecule has 0 spiro atoms. The van der Waals surface area contributed by atoms with E-state index >= 15 is 0 Å². The van der Waals surface area contributed by atoms with Gasteiger partial charge in [0.25, 0.3) is 5.91 Å². The van der Waals surface area contributed by atoms with E-state index in [9.17, 15) is 4.79 Å². The van der Waals surface area contributed by atoms with E-state index in [0.29, 0.717) is 18.8 Å². The predicted molar refractivity (Wildman–Crippen MR) is 113 cm³/mol. The number of fused-ring (bicyclic) bond motifs is 1. The summed E-state index contributed by atoms with van der Waals surface area (Å²) in [6, 6.07) is 13.9. The summed E-state index contributed by atoms with van der Waals surface area (Å²) < 4.78 is 0. The van der Waals surface area contributed by atoms with E-state index in [0.717, 1.165) is 48.6 Å². The molecule has 5 rings (SSSR count). The molecule has 0 bridgehead atoms. The molecule has 0 atom stereocenters. The molecule has 0 saturated carbocycles. The van der Waals surface area contributed by atoms with Crippen molar-refractivity contribution in [1.82, 2.24) is 20.1 Å². The molecule has 0 unspecified atom stereocenters. The monoisotopic (exact) mass is 388 g/mol. The van der Waals surface area contributed by atoms with E-state index in [4.69, 9.17) is 0 Å². The van der Waals surface area contributed by atoms with Crippen LogP contribution in [0.3, 0.4) is 0 Å². The maximum absolute atomic E-state index is 13.1. The fraction of sp³-hybridized carbons (Fsp3) is 0.364. The SMILES string of the molecule is O=C(c1nccc2ccccc12)N1CCN(c2ccc(N3CCCC3)nn2)CC1. The van der Waals surface area contributed by atoms with Crippen molar-refractivity contribution in [3.8, 4) is 0 Å². The van der Waals surface area contributed by atoms with Crippen molar-refractivity contribution in [3.05, 3.63) is 54.4 Å². The minimum Gasteiger partial charge on any atom is -0.355 e. The number of anilines is 2. The Morgan fingerprint density at radius 2 is 1.41 bits per heavy atom. The predicted octanol–water partition coefficient (Wildman–Crippen LogP) is 2.59. The Bertz CT molecular complexity index is 1000. The molecule has 7 heteroatoms. The highest BCUT2D eigenvalue weighted by molar-refractivity contribution is 6.05. The summed E-state index contributed by atoms with van der Waals surface area (Å²) in [5, 5.41) is 10.8. The largest absolute Gasteiger partial charge is 0.355 e. The standard InChI is InChI=1S/C22H24N6O/c29-22(21-18-6-2-1-5-17(18)9-10-23-21)28-15-13-27(14-16-28)20-8-7-19(24-25-20)26-11-3-4-12-26/h1-2,5-10H,3-4,11-16H2. The molecule has 2 aromatic heterocycles. The van der Waals surface area contributed by atoms with E-state index in [-0.39, 0.29) is 5.91 Å². The molecule has 3 aromatic rings. The van der Waals surface area contributed by atoms with Gasteiger partial charge < -0.3 is 14.7 Å². The maximum Gasteiger partial charge on any atom is 0.273 e. The molecule has 29 heavy (non-hydrogen) atoms. The lowest BCUT2D eigenvalue weighted by Gasteiger charge is -2.35. The fourth-order valence-electron chi connectivity index (χ4n) is 4.18. The summed E-state index contributed by atoms with van der Waals surface area (Å²) in [4.78, 5) is 23.8. The van der Waals surface area contributed by atoms with Gasteiger partial charge in [0.2, 0.25) is 0 Å². The molecule has 0 aliphatic carbocycles. The Balaban J connectivity index is 1.26. The molecule has 148 valence electrons. The minimum absolute atomic E-state index is 0.00286. The number of amides is 1. The summed E-state index contributed by atoms with van der Waals surface area (Å²) >= 11 is 0. The van der Waals surface area contributed by atoms with Crippen molar-refractivity contribution >= 4 is 28.3 Å². The van der Waals surface area contributed by atoms with Crippen LogP contribution >= 0.6 is 0 Å². The number of piperazine rings is 1. The number of nitrogens with zero attached hydrogens (tertiary/aromatic N) is 6. The van der Waals surface area contributed by atoms with E-state index in [1.54, 1.807) is 6.20 Å². The van der Waals surface area contributed by atoms with E-state index in [1.165, 1.54) is 12.8 Å². The molecule has 2 aliphatic rings. The normalized spacial score (nSPS) is 17.2. The first-order valence-electron chi connectivity index (χ1n) is 10.3. The number of benzene rings is 1. The topological polar surface area (TPSA) is 65.5 Å². The molecule has 1 aromatic carbocycles. The number of aromatic nitrogens is 3. The van der Waals surface area contributed by atoms with Gasteiger partial charge in [0, 0.05) is 50.9 Å². The van der Waals surface area contributed by atoms with Crippen LogP contribution in [0.1, 0.15) is 23.3 Å². The van der Waals surface area contributed by atoms with Crippen molar-refractivity contribution in [2.45, 2.75) is 12.8 Å². The maximum atomic E-state index is 13.1. The van der Waals surface area contributed by atoms with E-state index in [1.807, 2.05) is 41.3 Å². The quantitative estimate of drug-likeness (QED) is 0.687. The van der Waals surface area contributed by atoms with Gasteiger partial charge in [-0.2, -0.15) is 0 Å². The van der Waals surface area contributed by atoms with Crippen LogP contribution in [0.15, 0.2) is 48.7 Å². The van der Waals surface area contributed by atoms with Crippen LogP contribution in [-0.4, -0.2) is 65.3 Å². The van der Waals surface area contributed by atoms with Gasteiger partial charge >= 0.3 is 0 Å². The summed E-state index contributed by atoms with van der Waals surface area (Å²) in [5.74, 6) is 1.84. The third kappa shape index (κ3) is 3.48. The van der Waals surface area contributed by atoms with Crippen molar-refractivity contribution in [2.24, 2.45) is 0 Å². The number of hydrogen-bond donors (Lipinski definition) is 0. The van der Waals surface area contributed by atoms with Gasteiger partial charge in [0.15, 0.2) is 11.6 Å².